The van der Waals surface area contributed by atoms with Gasteiger partial charge in [-0.2, -0.15) is 9.67 Å². The van der Waals surface area contributed by atoms with Gasteiger partial charge in [0.05, 0.1) is 17.8 Å². The number of hydrogen-bond donors (Lipinski definition) is 2. The van der Waals surface area contributed by atoms with Gasteiger partial charge in [-0.3, -0.25) is 0 Å². The fourth-order valence-electron chi connectivity index (χ4n) is 1.12. The van der Waals surface area contributed by atoms with Gasteiger partial charge in [0, 0.05) is 0 Å². The van der Waals surface area contributed by atoms with Crippen LogP contribution in [0.25, 0.3) is 5.95 Å². The van der Waals surface area contributed by atoms with Crippen molar-refractivity contribution in [2.45, 2.75) is 0 Å². The van der Waals surface area contributed by atoms with Crippen LogP contribution in [-0.4, -0.2) is 42.9 Å². The van der Waals surface area contributed by atoms with Gasteiger partial charge in [-0.05, 0) is 15.9 Å². The molecule has 10 heteroatoms. The second kappa shape index (κ2) is 4.96. The van der Waals surface area contributed by atoms with Crippen LogP contribution in [0.15, 0.2) is 22.2 Å². The highest BCUT2D eigenvalue weighted by Gasteiger charge is 2.11. The minimum Gasteiger partial charge on any atom is -0.480 e. The first-order chi connectivity index (χ1) is 8.65. The van der Waals surface area contributed by atoms with Crippen LogP contribution >= 0.6 is 15.9 Å². The normalized spacial score (nSPS) is 11.6. The number of nitrogens with zero attached hydrogens (tertiary/aromatic N) is 6. The van der Waals surface area contributed by atoms with Gasteiger partial charge in [0.1, 0.15) is 6.33 Å². The Kier molecular flexibility index (Phi) is 3.37. The molecule has 0 bridgehead atoms. The van der Waals surface area contributed by atoms with Gasteiger partial charge in [0.2, 0.25) is 17.5 Å². The molecule has 2 aromatic rings. The summed E-state index contributed by atoms with van der Waals surface area (Å²) in [7, 11) is 1.49. The Bertz CT molecular complexity index is 597. The predicted octanol–water partition coefficient (Wildman–Crippen LogP) is -0.0771. The molecule has 0 amide bonds. The number of oxime groups is 1. The maximum Gasteiger partial charge on any atom is 0.255 e. The summed E-state index contributed by atoms with van der Waals surface area (Å²) >= 11 is 3.24. The molecule has 0 atom stereocenters. The van der Waals surface area contributed by atoms with Crippen LogP contribution in [0.3, 0.4) is 0 Å². The van der Waals surface area contributed by atoms with Crippen LogP contribution < -0.4 is 10.5 Å². The van der Waals surface area contributed by atoms with Crippen LogP contribution in [0.1, 0.15) is 5.82 Å². The molecule has 0 unspecified atom stereocenters. The summed E-state index contributed by atoms with van der Waals surface area (Å²) in [5.74, 6) is 0.487. The summed E-state index contributed by atoms with van der Waals surface area (Å²) in [5, 5.41) is 15.2. The maximum absolute atomic E-state index is 8.50. The molecular weight excluding hydrogens is 306 g/mol. The number of methoxy groups -OCH3 is 1. The van der Waals surface area contributed by atoms with Gasteiger partial charge in [0.25, 0.3) is 5.95 Å². The van der Waals surface area contributed by atoms with Crippen LogP contribution in [0.5, 0.6) is 5.88 Å². The second-order valence-electron chi connectivity index (χ2n) is 3.03. The van der Waals surface area contributed by atoms with E-state index in [1.807, 2.05) is 0 Å². The molecule has 0 spiro atoms. The molecular formula is C8H8BrN7O2. The van der Waals surface area contributed by atoms with Crippen LogP contribution in [0.2, 0.25) is 0 Å². The zero-order chi connectivity index (χ0) is 13.1. The quantitative estimate of drug-likeness (QED) is 0.351. The molecule has 18 heavy (non-hydrogen) atoms. The Labute approximate surface area is 109 Å². The SMILES string of the molecule is COc1nc(-n2cnc(C(N)=NO)n2)ncc1Br. The summed E-state index contributed by atoms with van der Waals surface area (Å²) < 4.78 is 6.93. The van der Waals surface area contributed by atoms with E-state index in [0.717, 1.165) is 0 Å². The number of rotatable bonds is 3. The van der Waals surface area contributed by atoms with E-state index in [1.54, 1.807) is 0 Å². The summed E-state index contributed by atoms with van der Waals surface area (Å²) in [6.45, 7) is 0. The Morgan fingerprint density at radius 2 is 2.33 bits per heavy atom. The highest BCUT2D eigenvalue weighted by atomic mass is 79.9. The monoisotopic (exact) mass is 313 g/mol. The summed E-state index contributed by atoms with van der Waals surface area (Å²) in [6.07, 6.45) is 2.86. The van der Waals surface area contributed by atoms with E-state index in [0.29, 0.717) is 10.4 Å². The van der Waals surface area contributed by atoms with Gasteiger partial charge in [-0.25, -0.2) is 9.97 Å². The first-order valence-corrected chi connectivity index (χ1v) is 5.41. The predicted molar refractivity (Wildman–Crippen MR) is 63.7 cm³/mol. The lowest BCUT2D eigenvalue weighted by atomic mass is 10.6. The fourth-order valence-corrected chi connectivity index (χ4v) is 1.47. The van der Waals surface area contributed by atoms with E-state index in [9.17, 15) is 0 Å². The van der Waals surface area contributed by atoms with E-state index in [4.69, 9.17) is 15.7 Å². The average Bonchev–Trinajstić information content (AvgIpc) is 2.88. The van der Waals surface area contributed by atoms with Gasteiger partial charge in [0.15, 0.2) is 0 Å². The summed E-state index contributed by atoms with van der Waals surface area (Å²) in [6, 6.07) is 0. The van der Waals surface area contributed by atoms with Crippen molar-refractivity contribution in [2.75, 3.05) is 7.11 Å². The van der Waals surface area contributed by atoms with Gasteiger partial charge in [-0.1, -0.05) is 5.16 Å². The van der Waals surface area contributed by atoms with Crippen molar-refractivity contribution >= 4 is 21.8 Å². The molecule has 2 rings (SSSR count). The van der Waals surface area contributed by atoms with Crippen molar-refractivity contribution in [3.8, 4) is 11.8 Å². The molecule has 0 aliphatic rings. The Morgan fingerprint density at radius 1 is 1.56 bits per heavy atom. The Hall–Kier alpha value is -2.23. The second-order valence-corrected chi connectivity index (χ2v) is 3.88. The largest absolute Gasteiger partial charge is 0.480 e. The molecule has 2 aromatic heterocycles. The first-order valence-electron chi connectivity index (χ1n) is 4.62. The zero-order valence-electron chi connectivity index (χ0n) is 9.15. The van der Waals surface area contributed by atoms with E-state index in [-0.39, 0.29) is 17.6 Å². The van der Waals surface area contributed by atoms with Gasteiger partial charge >= 0.3 is 0 Å². The third-order valence-electron chi connectivity index (χ3n) is 1.93. The first kappa shape index (κ1) is 12.2. The Balaban J connectivity index is 2.40. The highest BCUT2D eigenvalue weighted by Crippen LogP contribution is 2.21. The number of hydrogen-bond acceptors (Lipinski definition) is 7. The summed E-state index contributed by atoms with van der Waals surface area (Å²) in [4.78, 5) is 12.0. The van der Waals surface area contributed by atoms with Crippen molar-refractivity contribution in [2.24, 2.45) is 10.9 Å². The van der Waals surface area contributed by atoms with Crippen molar-refractivity contribution in [1.82, 2.24) is 24.7 Å². The van der Waals surface area contributed by atoms with Crippen molar-refractivity contribution in [1.29, 1.82) is 0 Å². The fraction of sp³-hybridized carbons (Fsp3) is 0.125. The highest BCUT2D eigenvalue weighted by molar-refractivity contribution is 9.10. The number of nitrogens with two attached hydrogens (primary N) is 1. The van der Waals surface area contributed by atoms with Crippen molar-refractivity contribution < 1.29 is 9.94 Å². The molecule has 0 radical (unpaired) electrons. The standard InChI is InChI=1S/C8H8BrN7O2/c1-18-7-4(9)2-11-8(13-7)16-3-12-6(14-16)5(10)15-17/h2-3,17H,1H3,(H2,10,15). The smallest absolute Gasteiger partial charge is 0.255 e. The zero-order valence-corrected chi connectivity index (χ0v) is 10.7. The number of aromatic nitrogens is 5. The molecule has 0 aromatic carbocycles. The van der Waals surface area contributed by atoms with Crippen LogP contribution in [0, 0.1) is 0 Å². The number of halogens is 1. The lowest BCUT2D eigenvalue weighted by Crippen LogP contribution is -2.15. The van der Waals surface area contributed by atoms with Crippen molar-refractivity contribution in [3.63, 3.8) is 0 Å². The molecule has 94 valence electrons. The third kappa shape index (κ3) is 2.22. The molecule has 0 saturated heterocycles. The minimum absolute atomic E-state index is 0.0722. The third-order valence-corrected chi connectivity index (χ3v) is 2.47. The molecule has 0 saturated carbocycles. The maximum atomic E-state index is 8.50. The van der Waals surface area contributed by atoms with Crippen LogP contribution in [0.4, 0.5) is 0 Å². The molecule has 0 aliphatic carbocycles. The van der Waals surface area contributed by atoms with Gasteiger partial charge < -0.3 is 15.7 Å². The number of amidine groups is 1. The lowest BCUT2D eigenvalue weighted by Gasteiger charge is -2.03. The van der Waals surface area contributed by atoms with E-state index in [2.05, 4.69) is 41.1 Å². The molecule has 9 nitrogen and oxygen atoms in total. The molecule has 3 N–H and O–H groups in total. The lowest BCUT2D eigenvalue weighted by molar-refractivity contribution is 0.318. The molecule has 0 aliphatic heterocycles. The van der Waals surface area contributed by atoms with Gasteiger partial charge in [-0.15, -0.1) is 5.10 Å². The van der Waals surface area contributed by atoms with Crippen molar-refractivity contribution in [3.05, 3.63) is 22.8 Å². The average molecular weight is 314 g/mol. The van der Waals surface area contributed by atoms with E-state index in [1.165, 1.54) is 24.3 Å². The Morgan fingerprint density at radius 3 is 3.00 bits per heavy atom. The topological polar surface area (TPSA) is 124 Å². The minimum atomic E-state index is -0.196. The summed E-state index contributed by atoms with van der Waals surface area (Å²) in [5.41, 5.74) is 5.35. The van der Waals surface area contributed by atoms with E-state index < -0.39 is 0 Å². The van der Waals surface area contributed by atoms with E-state index >= 15 is 0 Å². The number of ether oxygens (including phenoxy) is 1. The molecule has 2 heterocycles. The van der Waals surface area contributed by atoms with Crippen LogP contribution in [-0.2, 0) is 0 Å². The molecule has 0 fully saturated rings.